The number of nitrogens with zero attached hydrogens (tertiary/aromatic N) is 2. The van der Waals surface area contributed by atoms with Gasteiger partial charge < -0.3 is 4.90 Å². The van der Waals surface area contributed by atoms with Crippen LogP contribution >= 0.6 is 0 Å². The van der Waals surface area contributed by atoms with E-state index in [-0.39, 0.29) is 10.6 Å². The fourth-order valence-corrected chi connectivity index (χ4v) is 4.97. The van der Waals surface area contributed by atoms with Crippen LogP contribution in [0.2, 0.25) is 0 Å². The molecule has 1 heterocycles. The number of sulfone groups is 1. The molecule has 1 saturated carbocycles. The molecule has 0 bridgehead atoms. The van der Waals surface area contributed by atoms with Gasteiger partial charge in [-0.1, -0.05) is 12.5 Å². The minimum atomic E-state index is -3.30. The van der Waals surface area contributed by atoms with Gasteiger partial charge in [-0.2, -0.15) is 5.26 Å². The van der Waals surface area contributed by atoms with E-state index in [9.17, 15) is 8.42 Å². The van der Waals surface area contributed by atoms with Crippen LogP contribution in [0.15, 0.2) is 29.2 Å². The van der Waals surface area contributed by atoms with Crippen molar-refractivity contribution in [2.24, 2.45) is 11.8 Å². The first-order chi connectivity index (χ1) is 10.1. The molecule has 1 saturated heterocycles. The normalized spacial score (nSPS) is 25.7. The molecule has 1 aromatic carbocycles. The molecule has 2 atom stereocenters. The highest BCUT2D eigenvalue weighted by Crippen LogP contribution is 2.37. The summed E-state index contributed by atoms with van der Waals surface area (Å²) in [6.07, 6.45) is 3.94. The molecule has 1 aliphatic carbocycles. The van der Waals surface area contributed by atoms with Crippen molar-refractivity contribution >= 4 is 9.84 Å². The minimum absolute atomic E-state index is 0.140. The predicted octanol–water partition coefficient (Wildman–Crippen LogP) is 2.06. The maximum Gasteiger partial charge on any atom is 0.179 e. The Morgan fingerprint density at radius 1 is 1.24 bits per heavy atom. The zero-order chi connectivity index (χ0) is 14.9. The van der Waals surface area contributed by atoms with Gasteiger partial charge in [-0.15, -0.1) is 0 Å². The Labute approximate surface area is 126 Å². The molecule has 2 fully saturated rings. The molecular formula is C16H20N2O2S. The van der Waals surface area contributed by atoms with Crippen LogP contribution in [-0.4, -0.2) is 38.7 Å². The number of hydrogen-bond acceptors (Lipinski definition) is 4. The Bertz CT molecular complexity index is 651. The van der Waals surface area contributed by atoms with Crippen molar-refractivity contribution in [2.75, 3.05) is 25.4 Å². The Hall–Kier alpha value is -1.38. The molecule has 4 nitrogen and oxygen atoms in total. The molecule has 5 heteroatoms. The smallest absolute Gasteiger partial charge is 0.179 e. The van der Waals surface area contributed by atoms with E-state index in [1.165, 1.54) is 25.3 Å². The number of rotatable bonds is 4. The van der Waals surface area contributed by atoms with Gasteiger partial charge in [0.05, 0.1) is 22.3 Å². The van der Waals surface area contributed by atoms with Gasteiger partial charge >= 0.3 is 0 Å². The van der Waals surface area contributed by atoms with Gasteiger partial charge in [0.15, 0.2) is 9.84 Å². The Morgan fingerprint density at radius 3 is 2.62 bits per heavy atom. The first-order valence-corrected chi connectivity index (χ1v) is 9.19. The van der Waals surface area contributed by atoms with E-state index >= 15 is 0 Å². The van der Waals surface area contributed by atoms with Crippen LogP contribution in [0, 0.1) is 23.2 Å². The maximum atomic E-state index is 12.4. The van der Waals surface area contributed by atoms with Crippen molar-refractivity contribution in [3.8, 4) is 6.07 Å². The van der Waals surface area contributed by atoms with Crippen LogP contribution in [0.25, 0.3) is 0 Å². The molecule has 1 aromatic rings. The highest BCUT2D eigenvalue weighted by Gasteiger charge is 2.36. The number of fused-ring (bicyclic) bond motifs is 1. The summed E-state index contributed by atoms with van der Waals surface area (Å²) >= 11 is 0. The third-order valence-electron chi connectivity index (χ3n) is 4.80. The molecular weight excluding hydrogens is 284 g/mol. The van der Waals surface area contributed by atoms with Gasteiger partial charge in [-0.05, 0) is 42.9 Å². The second-order valence-corrected chi connectivity index (χ2v) is 8.28. The summed E-state index contributed by atoms with van der Waals surface area (Å²) in [7, 11) is -3.30. The summed E-state index contributed by atoms with van der Waals surface area (Å²) in [6.45, 7) is 2.71. The molecule has 1 aliphatic heterocycles. The van der Waals surface area contributed by atoms with Crippen molar-refractivity contribution in [1.82, 2.24) is 4.90 Å². The van der Waals surface area contributed by atoms with Crippen LogP contribution in [0.3, 0.4) is 0 Å². The number of hydrogen-bond donors (Lipinski definition) is 0. The van der Waals surface area contributed by atoms with E-state index in [0.29, 0.717) is 12.1 Å². The van der Waals surface area contributed by atoms with Crippen molar-refractivity contribution in [2.45, 2.75) is 24.2 Å². The lowest BCUT2D eigenvalue weighted by molar-refractivity contribution is 0.328. The summed E-state index contributed by atoms with van der Waals surface area (Å²) in [6, 6.07) is 8.29. The summed E-state index contributed by atoms with van der Waals surface area (Å²) in [5.41, 5.74) is 0.395. The SMILES string of the molecule is N#Cc1cccc(S(=O)(=O)CCN2CC3CCCC3C2)c1. The third-order valence-corrected chi connectivity index (χ3v) is 6.49. The van der Waals surface area contributed by atoms with Crippen LogP contribution < -0.4 is 0 Å². The molecule has 0 aromatic heterocycles. The highest BCUT2D eigenvalue weighted by atomic mass is 32.2. The fraction of sp³-hybridized carbons (Fsp3) is 0.562. The summed E-state index contributed by atoms with van der Waals surface area (Å²) < 4.78 is 24.7. The molecule has 112 valence electrons. The molecule has 3 rings (SSSR count). The summed E-state index contributed by atoms with van der Waals surface area (Å²) in [5, 5.41) is 8.87. The monoisotopic (exact) mass is 304 g/mol. The molecule has 21 heavy (non-hydrogen) atoms. The predicted molar refractivity (Wildman–Crippen MR) is 80.5 cm³/mol. The standard InChI is InChI=1S/C16H20N2O2S/c17-10-13-3-1-6-16(9-13)21(19,20)8-7-18-11-14-4-2-5-15(14)12-18/h1,3,6,9,14-15H,2,4-5,7-8,11-12H2. The zero-order valence-corrected chi connectivity index (χ0v) is 12.8. The van der Waals surface area contributed by atoms with Gasteiger partial charge in [-0.25, -0.2) is 8.42 Å². The summed E-state index contributed by atoms with van der Waals surface area (Å²) in [4.78, 5) is 2.56. The lowest BCUT2D eigenvalue weighted by atomic mass is 10.0. The van der Waals surface area contributed by atoms with Crippen LogP contribution in [0.4, 0.5) is 0 Å². The maximum absolute atomic E-state index is 12.4. The number of likely N-dealkylation sites (tertiary alicyclic amines) is 1. The first kappa shape index (κ1) is 14.6. The van der Waals surface area contributed by atoms with E-state index in [0.717, 1.165) is 24.9 Å². The molecule has 2 unspecified atom stereocenters. The van der Waals surface area contributed by atoms with Crippen molar-refractivity contribution in [3.63, 3.8) is 0 Å². The quantitative estimate of drug-likeness (QED) is 0.854. The average molecular weight is 304 g/mol. The largest absolute Gasteiger partial charge is 0.302 e. The van der Waals surface area contributed by atoms with Gasteiger partial charge in [0, 0.05) is 19.6 Å². The van der Waals surface area contributed by atoms with Crippen LogP contribution in [0.5, 0.6) is 0 Å². The van der Waals surface area contributed by atoms with E-state index < -0.39 is 9.84 Å². The van der Waals surface area contributed by atoms with Crippen molar-refractivity contribution in [3.05, 3.63) is 29.8 Å². The highest BCUT2D eigenvalue weighted by molar-refractivity contribution is 7.91. The molecule has 0 radical (unpaired) electrons. The second kappa shape index (κ2) is 5.78. The molecule has 0 amide bonds. The fourth-order valence-electron chi connectivity index (χ4n) is 3.64. The Kier molecular flexibility index (Phi) is 4.01. The topological polar surface area (TPSA) is 61.2 Å². The lowest BCUT2D eigenvalue weighted by Gasteiger charge is -2.16. The van der Waals surface area contributed by atoms with Crippen LogP contribution in [-0.2, 0) is 9.84 Å². The number of benzene rings is 1. The third kappa shape index (κ3) is 3.12. The van der Waals surface area contributed by atoms with E-state index in [1.807, 2.05) is 6.07 Å². The van der Waals surface area contributed by atoms with E-state index in [4.69, 9.17) is 5.26 Å². The zero-order valence-electron chi connectivity index (χ0n) is 12.0. The van der Waals surface area contributed by atoms with Gasteiger partial charge in [-0.3, -0.25) is 0 Å². The minimum Gasteiger partial charge on any atom is -0.302 e. The second-order valence-electron chi connectivity index (χ2n) is 6.17. The molecule has 0 N–H and O–H groups in total. The van der Waals surface area contributed by atoms with E-state index in [1.54, 1.807) is 18.2 Å². The lowest BCUT2D eigenvalue weighted by Crippen LogP contribution is -2.28. The van der Waals surface area contributed by atoms with Crippen molar-refractivity contribution < 1.29 is 8.42 Å². The van der Waals surface area contributed by atoms with Crippen LogP contribution in [0.1, 0.15) is 24.8 Å². The van der Waals surface area contributed by atoms with E-state index in [2.05, 4.69) is 4.90 Å². The van der Waals surface area contributed by atoms with Gasteiger partial charge in [0.2, 0.25) is 0 Å². The Balaban J connectivity index is 1.63. The number of nitriles is 1. The summed E-state index contributed by atoms with van der Waals surface area (Å²) in [5.74, 6) is 1.71. The average Bonchev–Trinajstić information content (AvgIpc) is 3.06. The van der Waals surface area contributed by atoms with Crippen molar-refractivity contribution in [1.29, 1.82) is 5.26 Å². The molecule has 2 aliphatic rings. The van der Waals surface area contributed by atoms with Gasteiger partial charge in [0.25, 0.3) is 0 Å². The molecule has 0 spiro atoms. The van der Waals surface area contributed by atoms with Gasteiger partial charge in [0.1, 0.15) is 0 Å². The first-order valence-electron chi connectivity index (χ1n) is 7.54. The Morgan fingerprint density at radius 2 is 1.95 bits per heavy atom.